The Kier molecular flexibility index (Phi) is 30.9. The molecule has 6 aromatic rings. The number of benzene rings is 6. The molecular weight excluding hydrogens is 1340 g/mol. The van der Waals surface area contributed by atoms with Crippen molar-refractivity contribution in [3.8, 4) is 23.0 Å². The van der Waals surface area contributed by atoms with Crippen LogP contribution in [0.1, 0.15) is 118 Å². The average Bonchev–Trinajstić information content (AvgIpc) is 1.75. The molecule has 20 heteroatoms. The van der Waals surface area contributed by atoms with Gasteiger partial charge in [-0.05, 0) is 123 Å². The maximum atomic E-state index is 13.6. The molecule has 0 aliphatic carbocycles. The van der Waals surface area contributed by atoms with Crippen LogP contribution in [0.4, 0.5) is 0 Å². The standard InChI is InChI=1S/C52H70O9Si2.C31H40O9/c1-38(61-63(51(2,3)4,43-25-17-13-18-26-43)44-27-19-14-20-28-44)40(34-39-22-15-12-16-23-39)30-31-45(53)49-46(59-52(5,6)60-49)29-21-24-41-35-42(56-8)36-47(58-37-55-7)48(41)50(54)57-32-33-62(9,10)11;1-20(32)22(16-21-10-7-6-8-11-21)14-15-25(33)29-26(39-31(2,3)40-29)13-9-12-23-17-24(37-5)18-27(38-19-36-4)28(23)30(34)35/h12-28,30-31,35-36,38,40,45-46,49,53H,29,32-34,37H2,1-11H3;6-12,14-15,17-18,20,22,25-26,29,32-33H,13,16,19H2,1-5H3,(H,34,35)/b24-21+,31-30-;12-9+,15-14-/t38-,40?,45?,46-,49+;20-,22?,25?,26-,29+/m00/s1. The summed E-state index contributed by atoms with van der Waals surface area (Å²) >= 11 is 0. The second-order valence-electron chi connectivity index (χ2n) is 29.3. The summed E-state index contributed by atoms with van der Waals surface area (Å²) in [5.74, 6) is -2.43. The molecule has 0 saturated carbocycles. The number of aliphatic hydroxyl groups is 3. The topological polar surface area (TPSA) is 226 Å². The van der Waals surface area contributed by atoms with Gasteiger partial charge in [0.2, 0.25) is 0 Å². The first kappa shape index (κ1) is 82.7. The van der Waals surface area contributed by atoms with Crippen LogP contribution in [-0.4, -0.2) is 158 Å². The van der Waals surface area contributed by atoms with E-state index < -0.39 is 82.6 Å². The third-order valence-electron chi connectivity index (χ3n) is 18.0. The molecule has 8 rings (SSSR count). The minimum absolute atomic E-state index is 0.0277. The molecule has 2 aliphatic rings. The Hall–Kier alpha value is -7.55. The number of rotatable bonds is 35. The number of hydrogen-bond acceptors (Lipinski definition) is 17. The van der Waals surface area contributed by atoms with E-state index in [4.69, 9.17) is 56.5 Å². The lowest BCUT2D eigenvalue weighted by Gasteiger charge is -2.45. The van der Waals surface area contributed by atoms with Crippen LogP contribution in [0, 0.1) is 11.8 Å². The highest BCUT2D eigenvalue weighted by Crippen LogP contribution is 2.41. The maximum Gasteiger partial charge on any atom is 0.342 e. The fourth-order valence-corrected chi connectivity index (χ4v) is 18.3. The third kappa shape index (κ3) is 24.0. The molecule has 2 heterocycles. The van der Waals surface area contributed by atoms with Gasteiger partial charge in [-0.3, -0.25) is 0 Å². The summed E-state index contributed by atoms with van der Waals surface area (Å²) in [6.45, 7) is 24.9. The molecule has 0 aromatic heterocycles. The first-order chi connectivity index (χ1) is 48.9. The number of carbonyl (C=O) groups excluding carboxylic acids is 1. The van der Waals surface area contributed by atoms with E-state index >= 15 is 0 Å². The van der Waals surface area contributed by atoms with Crippen LogP contribution >= 0.6 is 0 Å². The summed E-state index contributed by atoms with van der Waals surface area (Å²) in [4.78, 5) is 25.7. The third-order valence-corrected chi connectivity index (χ3v) is 24.9. The van der Waals surface area contributed by atoms with E-state index in [1.807, 2.05) is 74.5 Å². The highest BCUT2D eigenvalue weighted by Gasteiger charge is 2.52. The van der Waals surface area contributed by atoms with Gasteiger partial charge in [0.15, 0.2) is 25.2 Å². The minimum Gasteiger partial charge on any atom is -0.497 e. The maximum absolute atomic E-state index is 13.6. The summed E-state index contributed by atoms with van der Waals surface area (Å²) in [7, 11) is 1.67. The van der Waals surface area contributed by atoms with Gasteiger partial charge in [-0.25, -0.2) is 9.59 Å². The molecule has 2 fully saturated rings. The quantitative estimate of drug-likeness (QED) is 0.0126. The predicted molar refractivity (Wildman–Crippen MR) is 409 cm³/mol. The zero-order chi connectivity index (χ0) is 75.1. The smallest absolute Gasteiger partial charge is 0.342 e. The summed E-state index contributed by atoms with van der Waals surface area (Å²) in [6.07, 6.45) is 11.5. The normalized spacial score (nSPS) is 19.4. The Bertz CT molecular complexity index is 3680. The highest BCUT2D eigenvalue weighted by molar-refractivity contribution is 6.99. The molecule has 103 heavy (non-hydrogen) atoms. The molecule has 0 radical (unpaired) electrons. The predicted octanol–water partition coefficient (Wildman–Crippen LogP) is 14.3. The number of ether oxygens (including phenoxy) is 11. The molecule has 0 amide bonds. The summed E-state index contributed by atoms with van der Waals surface area (Å²) < 4.78 is 70.7. The first-order valence-corrected chi connectivity index (χ1v) is 40.9. The van der Waals surface area contributed by atoms with E-state index in [1.165, 1.54) is 43.3 Å². The Morgan fingerprint density at radius 2 is 0.971 bits per heavy atom. The monoisotopic (exact) mass is 1450 g/mol. The SMILES string of the molecule is COCOc1cc(OC)cc(/C=C/C[C@@H]2OC(C)(C)O[C@@H]2C(O)/C=C\C(Cc2ccccc2)[C@H](C)O)c1C(=O)O.COCOc1cc(OC)cc(/C=C/C[C@@H]2OC(C)(C)O[C@@H]2C(O)/C=C\C(Cc2ccccc2)[C@H](C)O[Si](c2ccccc2)(c2ccccc2)C(C)(C)C)c1C(=O)OCC[Si](C)(C)C. The number of aromatic carboxylic acids is 1. The van der Waals surface area contributed by atoms with Crippen molar-refractivity contribution in [2.24, 2.45) is 11.8 Å². The van der Waals surface area contributed by atoms with E-state index in [9.17, 15) is 30.0 Å². The highest BCUT2D eigenvalue weighted by atomic mass is 28.4. The van der Waals surface area contributed by atoms with Gasteiger partial charge < -0.3 is 77.0 Å². The molecular formula is C83H110O18Si2. The Balaban J connectivity index is 0.000000319. The summed E-state index contributed by atoms with van der Waals surface area (Å²) in [5.41, 5.74) is 3.46. The second-order valence-corrected chi connectivity index (χ2v) is 39.1. The van der Waals surface area contributed by atoms with Gasteiger partial charge in [-0.2, -0.15) is 0 Å². The molecule has 2 saturated heterocycles. The van der Waals surface area contributed by atoms with Crippen LogP contribution in [0.25, 0.3) is 12.2 Å². The van der Waals surface area contributed by atoms with Crippen molar-refractivity contribution in [3.05, 3.63) is 215 Å². The number of carboxylic acids is 1. The first-order valence-electron chi connectivity index (χ1n) is 35.3. The number of aliphatic hydroxyl groups excluding tert-OH is 3. The van der Waals surface area contributed by atoms with Gasteiger partial charge in [-0.15, -0.1) is 0 Å². The zero-order valence-corrected chi connectivity index (χ0v) is 64.9. The average molecular weight is 1450 g/mol. The minimum atomic E-state index is -2.89. The number of methoxy groups -OCH3 is 4. The molecule has 558 valence electrons. The molecule has 0 bridgehead atoms. The number of esters is 1. The lowest BCUT2D eigenvalue weighted by molar-refractivity contribution is -0.152. The van der Waals surface area contributed by atoms with E-state index in [2.05, 4.69) is 138 Å². The van der Waals surface area contributed by atoms with Gasteiger partial charge in [0, 0.05) is 52.4 Å². The van der Waals surface area contributed by atoms with Crippen molar-refractivity contribution in [3.63, 3.8) is 0 Å². The van der Waals surface area contributed by atoms with Crippen molar-refractivity contribution in [2.75, 3.05) is 48.6 Å². The summed E-state index contributed by atoms with van der Waals surface area (Å²) in [6, 6.07) is 49.0. The number of carbonyl (C=O) groups is 2. The Morgan fingerprint density at radius 3 is 1.37 bits per heavy atom. The largest absolute Gasteiger partial charge is 0.497 e. The molecule has 0 spiro atoms. The van der Waals surface area contributed by atoms with Gasteiger partial charge in [0.05, 0.1) is 39.1 Å². The van der Waals surface area contributed by atoms with Crippen LogP contribution in [0.3, 0.4) is 0 Å². The van der Waals surface area contributed by atoms with E-state index in [0.717, 1.165) is 11.6 Å². The van der Waals surface area contributed by atoms with Crippen LogP contribution in [0.2, 0.25) is 30.7 Å². The van der Waals surface area contributed by atoms with Crippen LogP contribution in [0.15, 0.2) is 182 Å². The molecule has 4 N–H and O–H groups in total. The number of hydrogen-bond donors (Lipinski definition) is 4. The molecule has 6 aromatic carbocycles. The van der Waals surface area contributed by atoms with E-state index in [0.29, 0.717) is 60.7 Å². The Labute approximate surface area is 612 Å². The van der Waals surface area contributed by atoms with Crippen molar-refractivity contribution >= 4 is 50.9 Å². The van der Waals surface area contributed by atoms with Crippen LogP contribution in [0.5, 0.6) is 23.0 Å². The molecule has 10 atom stereocenters. The van der Waals surface area contributed by atoms with E-state index in [1.54, 1.807) is 64.3 Å². The fourth-order valence-electron chi connectivity index (χ4n) is 12.8. The number of carboxylic acid groups (broad SMARTS) is 1. The zero-order valence-electron chi connectivity index (χ0n) is 62.9. The van der Waals surface area contributed by atoms with Crippen molar-refractivity contribution in [1.82, 2.24) is 0 Å². The van der Waals surface area contributed by atoms with Crippen molar-refractivity contribution in [2.45, 2.75) is 179 Å². The Morgan fingerprint density at radius 1 is 0.563 bits per heavy atom. The fraction of sp³-hybridized carbons (Fsp3) is 0.446. The van der Waals surface area contributed by atoms with Gasteiger partial charge in [-0.1, -0.05) is 210 Å². The van der Waals surface area contributed by atoms with Crippen LogP contribution in [-0.2, 0) is 50.4 Å². The summed E-state index contributed by atoms with van der Waals surface area (Å²) in [5, 5.41) is 45.4. The molecule has 4 unspecified atom stereocenters. The lowest BCUT2D eigenvalue weighted by atomic mass is 9.93. The van der Waals surface area contributed by atoms with Gasteiger partial charge >= 0.3 is 11.9 Å². The van der Waals surface area contributed by atoms with E-state index in [-0.39, 0.29) is 53.4 Å². The molecule has 2 aliphatic heterocycles. The van der Waals surface area contributed by atoms with Gasteiger partial charge in [0.1, 0.15) is 58.5 Å². The lowest BCUT2D eigenvalue weighted by Crippen LogP contribution is -2.68. The van der Waals surface area contributed by atoms with Gasteiger partial charge in [0.25, 0.3) is 8.32 Å². The van der Waals surface area contributed by atoms with Crippen LogP contribution < -0.4 is 29.3 Å². The van der Waals surface area contributed by atoms with Crippen molar-refractivity contribution < 1.29 is 86.5 Å². The second kappa shape index (κ2) is 38.5. The van der Waals surface area contributed by atoms with Crippen molar-refractivity contribution in [1.29, 1.82) is 0 Å². The molecule has 18 nitrogen and oxygen atoms in total.